The topological polar surface area (TPSA) is 99.4 Å². The summed E-state index contributed by atoms with van der Waals surface area (Å²) in [5.41, 5.74) is 3.62. The van der Waals surface area contributed by atoms with Crippen LogP contribution in [0.1, 0.15) is 40.7 Å². The summed E-state index contributed by atoms with van der Waals surface area (Å²) in [6.07, 6.45) is 4.08. The van der Waals surface area contributed by atoms with Crippen molar-refractivity contribution < 1.29 is 14.3 Å². The summed E-state index contributed by atoms with van der Waals surface area (Å²) < 4.78 is 5.74. The van der Waals surface area contributed by atoms with Gasteiger partial charge in [0.2, 0.25) is 17.1 Å². The molecule has 5 rings (SSSR count). The van der Waals surface area contributed by atoms with E-state index in [1.165, 1.54) is 17.0 Å². The third-order valence-electron chi connectivity index (χ3n) is 6.11. The molecule has 32 heavy (non-hydrogen) atoms. The van der Waals surface area contributed by atoms with E-state index in [9.17, 15) is 14.7 Å². The smallest absolute Gasteiger partial charge is 0.227 e. The van der Waals surface area contributed by atoms with Crippen molar-refractivity contribution in [3.8, 4) is 5.75 Å². The van der Waals surface area contributed by atoms with Gasteiger partial charge >= 0.3 is 0 Å². The summed E-state index contributed by atoms with van der Waals surface area (Å²) in [7, 11) is 0. The Bertz CT molecular complexity index is 1360. The largest absolute Gasteiger partial charge is 0.502 e. The van der Waals surface area contributed by atoms with E-state index >= 15 is 0 Å². The number of H-pyrrole nitrogens is 1. The fraction of sp³-hybridized carbons (Fsp3) is 0.240. The van der Waals surface area contributed by atoms with Crippen molar-refractivity contribution in [2.75, 3.05) is 6.54 Å². The number of para-hydroxylation sites is 1. The number of aromatic amines is 1. The lowest BCUT2D eigenvalue weighted by Gasteiger charge is -2.29. The van der Waals surface area contributed by atoms with Gasteiger partial charge in [0.1, 0.15) is 5.76 Å². The van der Waals surface area contributed by atoms with Crippen LogP contribution in [0.2, 0.25) is 0 Å². The highest BCUT2D eigenvalue weighted by Crippen LogP contribution is 2.34. The first kappa shape index (κ1) is 20.1. The van der Waals surface area contributed by atoms with Gasteiger partial charge in [0, 0.05) is 48.0 Å². The molecule has 4 heterocycles. The lowest BCUT2D eigenvalue weighted by atomic mass is 9.92. The number of amides is 1. The number of carbonyl (C=O) groups excluding carboxylic acids is 1. The molecule has 162 valence electrons. The Morgan fingerprint density at radius 1 is 1.25 bits per heavy atom. The van der Waals surface area contributed by atoms with Crippen LogP contribution in [-0.4, -0.2) is 32.4 Å². The number of nitrogens with zero attached hydrogens (tertiary/aromatic N) is 2. The van der Waals surface area contributed by atoms with Crippen molar-refractivity contribution >= 4 is 16.8 Å². The molecule has 0 bridgehead atoms. The van der Waals surface area contributed by atoms with E-state index in [0.29, 0.717) is 18.8 Å². The van der Waals surface area contributed by atoms with Gasteiger partial charge in [-0.1, -0.05) is 18.2 Å². The van der Waals surface area contributed by atoms with Crippen LogP contribution in [0.5, 0.6) is 5.75 Å². The number of aromatic hydroxyl groups is 1. The second-order valence-electron chi connectivity index (χ2n) is 8.16. The summed E-state index contributed by atoms with van der Waals surface area (Å²) in [4.78, 5) is 34.8. The Hall–Kier alpha value is -3.87. The average molecular weight is 429 g/mol. The van der Waals surface area contributed by atoms with E-state index < -0.39 is 17.1 Å². The molecule has 0 unspecified atom stereocenters. The lowest BCUT2D eigenvalue weighted by Crippen LogP contribution is -2.36. The summed E-state index contributed by atoms with van der Waals surface area (Å²) in [6.45, 7) is 2.76. The molecule has 3 aromatic heterocycles. The second-order valence-corrected chi connectivity index (χ2v) is 8.16. The van der Waals surface area contributed by atoms with Crippen LogP contribution < -0.4 is 5.43 Å². The van der Waals surface area contributed by atoms with Crippen molar-refractivity contribution in [2.45, 2.75) is 32.2 Å². The zero-order valence-corrected chi connectivity index (χ0v) is 17.7. The van der Waals surface area contributed by atoms with Gasteiger partial charge in [-0.3, -0.25) is 14.6 Å². The maximum absolute atomic E-state index is 13.4. The SMILES string of the molecule is Cc1cc(=O)c(O)c([C@H](CC(=O)N2CCc3c([nH]c4ccccc34)C2)c2ccncc2)o1. The predicted octanol–water partition coefficient (Wildman–Crippen LogP) is 3.64. The van der Waals surface area contributed by atoms with E-state index in [1.54, 1.807) is 31.5 Å². The summed E-state index contributed by atoms with van der Waals surface area (Å²) in [5, 5.41) is 11.6. The van der Waals surface area contributed by atoms with Crippen LogP contribution in [-0.2, 0) is 17.8 Å². The highest BCUT2D eigenvalue weighted by molar-refractivity contribution is 5.86. The van der Waals surface area contributed by atoms with E-state index in [2.05, 4.69) is 16.0 Å². The molecule has 2 N–H and O–H groups in total. The van der Waals surface area contributed by atoms with Gasteiger partial charge in [0.15, 0.2) is 5.76 Å². The fourth-order valence-corrected chi connectivity index (χ4v) is 4.53. The Labute approximate surface area is 184 Å². The van der Waals surface area contributed by atoms with Crippen LogP contribution in [0, 0.1) is 6.92 Å². The monoisotopic (exact) mass is 429 g/mol. The standard InChI is InChI=1S/C25H23N3O4/c1-15-12-22(29)24(31)25(32-15)19(16-6-9-26-10-7-16)13-23(30)28-11-8-18-17-4-2-3-5-20(17)27-21(18)14-28/h2-7,9-10,12,19,27,31H,8,11,13-14H2,1H3/t19-/m1/s1. The van der Waals surface area contributed by atoms with Crippen molar-refractivity contribution in [3.63, 3.8) is 0 Å². The zero-order valence-electron chi connectivity index (χ0n) is 17.7. The van der Waals surface area contributed by atoms with Crippen LogP contribution in [0.4, 0.5) is 0 Å². The molecule has 0 aliphatic carbocycles. The molecule has 0 radical (unpaired) electrons. The Morgan fingerprint density at radius 2 is 2.03 bits per heavy atom. The minimum absolute atomic E-state index is 0.0690. The normalized spacial score (nSPS) is 14.3. The van der Waals surface area contributed by atoms with Crippen molar-refractivity contribution in [1.29, 1.82) is 0 Å². The van der Waals surface area contributed by atoms with Crippen LogP contribution in [0.25, 0.3) is 10.9 Å². The summed E-state index contributed by atoms with van der Waals surface area (Å²) >= 11 is 0. The molecular weight excluding hydrogens is 406 g/mol. The highest BCUT2D eigenvalue weighted by atomic mass is 16.4. The molecule has 1 atom stereocenters. The predicted molar refractivity (Wildman–Crippen MR) is 119 cm³/mol. The molecule has 4 aromatic rings. The van der Waals surface area contributed by atoms with Crippen LogP contribution in [0.15, 0.2) is 64.1 Å². The number of aromatic nitrogens is 2. The number of benzene rings is 1. The van der Waals surface area contributed by atoms with Crippen molar-refractivity contribution in [3.05, 3.63) is 93.4 Å². The summed E-state index contributed by atoms with van der Waals surface area (Å²) in [5.74, 6) is -0.628. The molecule has 7 nitrogen and oxygen atoms in total. The second kappa shape index (κ2) is 8.00. The van der Waals surface area contributed by atoms with E-state index in [-0.39, 0.29) is 18.1 Å². The van der Waals surface area contributed by atoms with E-state index in [1.807, 2.05) is 23.1 Å². The van der Waals surface area contributed by atoms with Gasteiger partial charge < -0.3 is 19.4 Å². The minimum atomic E-state index is -0.595. The van der Waals surface area contributed by atoms with E-state index in [0.717, 1.165) is 23.2 Å². The Balaban J connectivity index is 1.45. The number of carbonyl (C=O) groups is 1. The number of hydrogen-bond acceptors (Lipinski definition) is 5. The van der Waals surface area contributed by atoms with Gasteiger partial charge in [0.25, 0.3) is 0 Å². The average Bonchev–Trinajstić information content (AvgIpc) is 3.18. The van der Waals surface area contributed by atoms with Crippen LogP contribution in [0.3, 0.4) is 0 Å². The molecule has 0 saturated heterocycles. The molecule has 1 aliphatic heterocycles. The van der Waals surface area contributed by atoms with E-state index in [4.69, 9.17) is 4.42 Å². The number of fused-ring (bicyclic) bond motifs is 3. The third kappa shape index (κ3) is 3.56. The first-order valence-electron chi connectivity index (χ1n) is 10.6. The Morgan fingerprint density at radius 3 is 2.84 bits per heavy atom. The fourth-order valence-electron chi connectivity index (χ4n) is 4.53. The molecule has 0 saturated carbocycles. The molecule has 1 aromatic carbocycles. The minimum Gasteiger partial charge on any atom is -0.502 e. The number of rotatable bonds is 4. The number of nitrogens with one attached hydrogen (secondary N) is 1. The van der Waals surface area contributed by atoms with Gasteiger partial charge in [0.05, 0.1) is 12.5 Å². The van der Waals surface area contributed by atoms with Gasteiger partial charge in [-0.05, 0) is 42.7 Å². The summed E-state index contributed by atoms with van der Waals surface area (Å²) in [6, 6.07) is 12.9. The molecule has 1 aliphatic rings. The molecule has 0 fully saturated rings. The molecule has 7 heteroatoms. The first-order chi connectivity index (χ1) is 15.5. The van der Waals surface area contributed by atoms with Gasteiger partial charge in [-0.25, -0.2) is 0 Å². The molecule has 1 amide bonds. The number of pyridine rings is 1. The number of aryl methyl sites for hydroxylation is 1. The highest BCUT2D eigenvalue weighted by Gasteiger charge is 2.30. The Kier molecular flexibility index (Phi) is 5.01. The molecule has 0 spiro atoms. The van der Waals surface area contributed by atoms with Crippen LogP contribution >= 0.6 is 0 Å². The maximum atomic E-state index is 13.4. The zero-order chi connectivity index (χ0) is 22.2. The first-order valence-corrected chi connectivity index (χ1v) is 10.6. The van der Waals surface area contributed by atoms with Crippen molar-refractivity contribution in [1.82, 2.24) is 14.9 Å². The van der Waals surface area contributed by atoms with Gasteiger partial charge in [-0.2, -0.15) is 0 Å². The van der Waals surface area contributed by atoms with Crippen molar-refractivity contribution in [2.24, 2.45) is 0 Å². The molecular formula is C25H23N3O4. The third-order valence-corrected chi connectivity index (χ3v) is 6.11. The maximum Gasteiger partial charge on any atom is 0.227 e. The lowest BCUT2D eigenvalue weighted by molar-refractivity contribution is -0.132. The van der Waals surface area contributed by atoms with Gasteiger partial charge in [-0.15, -0.1) is 0 Å². The number of hydrogen-bond donors (Lipinski definition) is 2. The quantitative estimate of drug-likeness (QED) is 0.516.